The second kappa shape index (κ2) is 6.02. The highest BCUT2D eigenvalue weighted by Gasteiger charge is 2.08. The zero-order valence-corrected chi connectivity index (χ0v) is 9.35. The molecular weight excluding hydrogens is 186 g/mol. The lowest BCUT2D eigenvalue weighted by atomic mass is 10.2. The van der Waals surface area contributed by atoms with E-state index >= 15 is 0 Å². The molecule has 0 atom stereocenters. The SMILES string of the molecule is CC(C)CN(CCC#N)c1ccccn1. The predicted molar refractivity (Wildman–Crippen MR) is 61.5 cm³/mol. The molecule has 0 aliphatic rings. The zero-order chi connectivity index (χ0) is 11.1. The summed E-state index contributed by atoms with van der Waals surface area (Å²) in [5.41, 5.74) is 0. The van der Waals surface area contributed by atoms with Crippen LogP contribution in [0.3, 0.4) is 0 Å². The fourth-order valence-corrected chi connectivity index (χ4v) is 1.47. The van der Waals surface area contributed by atoms with Crippen LogP contribution in [0.1, 0.15) is 20.3 Å². The van der Waals surface area contributed by atoms with E-state index in [0.29, 0.717) is 12.3 Å². The van der Waals surface area contributed by atoms with Gasteiger partial charge in [-0.3, -0.25) is 0 Å². The quantitative estimate of drug-likeness (QED) is 0.738. The lowest BCUT2D eigenvalue weighted by molar-refractivity contribution is 0.608. The molecule has 1 rings (SSSR count). The Labute approximate surface area is 91.4 Å². The van der Waals surface area contributed by atoms with Crippen molar-refractivity contribution in [1.29, 1.82) is 5.26 Å². The Morgan fingerprint density at radius 1 is 1.47 bits per heavy atom. The summed E-state index contributed by atoms with van der Waals surface area (Å²) in [5, 5.41) is 8.60. The summed E-state index contributed by atoms with van der Waals surface area (Å²) in [6, 6.07) is 8.04. The number of aromatic nitrogens is 1. The van der Waals surface area contributed by atoms with Gasteiger partial charge in [-0.15, -0.1) is 0 Å². The number of nitrogens with zero attached hydrogens (tertiary/aromatic N) is 3. The summed E-state index contributed by atoms with van der Waals surface area (Å²) in [7, 11) is 0. The summed E-state index contributed by atoms with van der Waals surface area (Å²) in [4.78, 5) is 6.46. The first-order chi connectivity index (χ1) is 7.24. The first kappa shape index (κ1) is 11.5. The van der Waals surface area contributed by atoms with Gasteiger partial charge in [-0.1, -0.05) is 19.9 Å². The predicted octanol–water partition coefficient (Wildman–Crippen LogP) is 2.46. The normalized spacial score (nSPS) is 10.0. The van der Waals surface area contributed by atoms with Crippen molar-refractivity contribution in [3.05, 3.63) is 24.4 Å². The fraction of sp³-hybridized carbons (Fsp3) is 0.500. The summed E-state index contributed by atoms with van der Waals surface area (Å²) < 4.78 is 0. The Hall–Kier alpha value is -1.56. The van der Waals surface area contributed by atoms with E-state index in [2.05, 4.69) is 29.8 Å². The van der Waals surface area contributed by atoms with E-state index in [4.69, 9.17) is 5.26 Å². The largest absolute Gasteiger partial charge is 0.355 e. The van der Waals surface area contributed by atoms with Crippen LogP contribution in [0.15, 0.2) is 24.4 Å². The van der Waals surface area contributed by atoms with E-state index in [0.717, 1.165) is 18.9 Å². The molecule has 0 unspecified atom stereocenters. The molecule has 3 nitrogen and oxygen atoms in total. The molecule has 0 aliphatic heterocycles. The van der Waals surface area contributed by atoms with E-state index in [1.165, 1.54) is 0 Å². The molecule has 0 saturated carbocycles. The van der Waals surface area contributed by atoms with Gasteiger partial charge in [0.15, 0.2) is 0 Å². The van der Waals surface area contributed by atoms with E-state index in [1.807, 2.05) is 18.2 Å². The van der Waals surface area contributed by atoms with Gasteiger partial charge in [0, 0.05) is 19.3 Å². The average molecular weight is 203 g/mol. The first-order valence-electron chi connectivity index (χ1n) is 5.27. The number of pyridine rings is 1. The monoisotopic (exact) mass is 203 g/mol. The number of hydrogen-bond donors (Lipinski definition) is 0. The second-order valence-electron chi connectivity index (χ2n) is 3.94. The number of nitriles is 1. The maximum atomic E-state index is 8.60. The van der Waals surface area contributed by atoms with Crippen LogP contribution in [0.5, 0.6) is 0 Å². The van der Waals surface area contributed by atoms with Crippen LogP contribution in [-0.2, 0) is 0 Å². The Bertz CT molecular complexity index is 313. The summed E-state index contributed by atoms with van der Waals surface area (Å²) in [5.74, 6) is 1.53. The Morgan fingerprint density at radius 2 is 2.27 bits per heavy atom. The molecule has 0 bridgehead atoms. The molecule has 0 saturated heterocycles. The Kier molecular flexibility index (Phi) is 4.62. The summed E-state index contributed by atoms with van der Waals surface area (Å²) in [6.07, 6.45) is 2.33. The number of anilines is 1. The van der Waals surface area contributed by atoms with E-state index in [-0.39, 0.29) is 0 Å². The lowest BCUT2D eigenvalue weighted by Crippen LogP contribution is -2.29. The van der Waals surface area contributed by atoms with Crippen molar-refractivity contribution in [3.63, 3.8) is 0 Å². The highest BCUT2D eigenvalue weighted by molar-refractivity contribution is 5.37. The van der Waals surface area contributed by atoms with Crippen LogP contribution >= 0.6 is 0 Å². The third kappa shape index (κ3) is 3.99. The van der Waals surface area contributed by atoms with Gasteiger partial charge in [-0.05, 0) is 18.1 Å². The van der Waals surface area contributed by atoms with Gasteiger partial charge in [0.1, 0.15) is 5.82 Å². The highest BCUT2D eigenvalue weighted by atomic mass is 15.2. The van der Waals surface area contributed by atoms with Crippen molar-refractivity contribution in [2.75, 3.05) is 18.0 Å². The third-order valence-electron chi connectivity index (χ3n) is 2.05. The standard InChI is InChI=1S/C12H17N3/c1-11(2)10-15(9-5-7-13)12-6-3-4-8-14-12/h3-4,6,8,11H,5,9-10H2,1-2H3. The van der Waals surface area contributed by atoms with Crippen LogP contribution in [0, 0.1) is 17.2 Å². The molecule has 0 N–H and O–H groups in total. The smallest absolute Gasteiger partial charge is 0.128 e. The van der Waals surface area contributed by atoms with Crippen molar-refractivity contribution >= 4 is 5.82 Å². The van der Waals surface area contributed by atoms with Crippen LogP contribution in [-0.4, -0.2) is 18.1 Å². The second-order valence-corrected chi connectivity index (χ2v) is 3.94. The van der Waals surface area contributed by atoms with Gasteiger partial charge in [-0.25, -0.2) is 4.98 Å². The van der Waals surface area contributed by atoms with Crippen LogP contribution < -0.4 is 4.90 Å². The minimum atomic E-state index is 0.545. The highest BCUT2D eigenvalue weighted by Crippen LogP contribution is 2.11. The lowest BCUT2D eigenvalue weighted by Gasteiger charge is -2.24. The molecule has 0 aliphatic carbocycles. The first-order valence-corrected chi connectivity index (χ1v) is 5.27. The zero-order valence-electron chi connectivity index (χ0n) is 9.35. The molecule has 1 aromatic heterocycles. The molecule has 15 heavy (non-hydrogen) atoms. The fourth-order valence-electron chi connectivity index (χ4n) is 1.47. The molecule has 0 aromatic carbocycles. The maximum absolute atomic E-state index is 8.60. The molecular formula is C12H17N3. The van der Waals surface area contributed by atoms with Gasteiger partial charge < -0.3 is 4.90 Å². The molecule has 1 aromatic rings. The van der Waals surface area contributed by atoms with Crippen molar-refractivity contribution in [1.82, 2.24) is 4.98 Å². The van der Waals surface area contributed by atoms with Gasteiger partial charge in [0.2, 0.25) is 0 Å². The number of rotatable bonds is 5. The molecule has 3 heteroatoms. The van der Waals surface area contributed by atoms with Gasteiger partial charge >= 0.3 is 0 Å². The molecule has 0 spiro atoms. The third-order valence-corrected chi connectivity index (χ3v) is 2.05. The molecule has 80 valence electrons. The van der Waals surface area contributed by atoms with Crippen molar-refractivity contribution in [3.8, 4) is 6.07 Å². The average Bonchev–Trinajstić information content (AvgIpc) is 2.25. The van der Waals surface area contributed by atoms with Gasteiger partial charge in [0.25, 0.3) is 0 Å². The minimum Gasteiger partial charge on any atom is -0.355 e. The molecule has 1 heterocycles. The molecule has 0 radical (unpaired) electrons. The maximum Gasteiger partial charge on any atom is 0.128 e. The van der Waals surface area contributed by atoms with Crippen molar-refractivity contribution in [2.45, 2.75) is 20.3 Å². The van der Waals surface area contributed by atoms with Crippen LogP contribution in [0.25, 0.3) is 0 Å². The minimum absolute atomic E-state index is 0.545. The van der Waals surface area contributed by atoms with E-state index in [9.17, 15) is 0 Å². The summed E-state index contributed by atoms with van der Waals surface area (Å²) in [6.45, 7) is 6.04. The van der Waals surface area contributed by atoms with E-state index < -0.39 is 0 Å². The number of hydrogen-bond acceptors (Lipinski definition) is 3. The van der Waals surface area contributed by atoms with Crippen LogP contribution in [0.4, 0.5) is 5.82 Å². The molecule has 0 amide bonds. The van der Waals surface area contributed by atoms with Gasteiger partial charge in [0.05, 0.1) is 12.5 Å². The Balaban J connectivity index is 2.68. The van der Waals surface area contributed by atoms with Crippen molar-refractivity contribution in [2.24, 2.45) is 5.92 Å². The van der Waals surface area contributed by atoms with Crippen LogP contribution in [0.2, 0.25) is 0 Å². The van der Waals surface area contributed by atoms with E-state index in [1.54, 1.807) is 6.20 Å². The Morgan fingerprint density at radius 3 is 2.80 bits per heavy atom. The topological polar surface area (TPSA) is 39.9 Å². The summed E-state index contributed by atoms with van der Waals surface area (Å²) >= 11 is 0. The van der Waals surface area contributed by atoms with Gasteiger partial charge in [-0.2, -0.15) is 5.26 Å². The molecule has 0 fully saturated rings. The van der Waals surface area contributed by atoms with Crippen molar-refractivity contribution < 1.29 is 0 Å².